The van der Waals surface area contributed by atoms with Crippen LogP contribution in [0.1, 0.15) is 6.92 Å². The number of likely N-dealkylation sites (N-methyl/N-ethyl adjacent to an activating group) is 2. The number of hydrogen-bond acceptors (Lipinski definition) is 4. The third kappa shape index (κ3) is 4.48. The smallest absolute Gasteiger partial charge is 0.238 e. The first kappa shape index (κ1) is 18.5. The number of benzene rings is 2. The van der Waals surface area contributed by atoms with E-state index >= 15 is 0 Å². The third-order valence-corrected chi connectivity index (χ3v) is 4.71. The molecule has 1 aliphatic heterocycles. The van der Waals surface area contributed by atoms with Crippen LogP contribution >= 0.6 is 11.6 Å². The fraction of sp³-hybridized carbons (Fsp3) is 0.350. The molecule has 26 heavy (non-hydrogen) atoms. The SMILES string of the molecule is CCN1CC(CN(C)CC(=O)Nc2ccccc2Cl)Oc2ccccc21. The van der Waals surface area contributed by atoms with Gasteiger partial charge in [-0.3, -0.25) is 9.69 Å². The molecule has 5 nitrogen and oxygen atoms in total. The lowest BCUT2D eigenvalue weighted by molar-refractivity contribution is -0.117. The van der Waals surface area contributed by atoms with Crippen molar-refractivity contribution in [2.24, 2.45) is 0 Å². The highest BCUT2D eigenvalue weighted by molar-refractivity contribution is 6.33. The van der Waals surface area contributed by atoms with E-state index in [-0.39, 0.29) is 18.6 Å². The van der Waals surface area contributed by atoms with Crippen LogP contribution in [0.2, 0.25) is 5.02 Å². The van der Waals surface area contributed by atoms with E-state index in [2.05, 4.69) is 23.2 Å². The molecule has 0 radical (unpaired) electrons. The van der Waals surface area contributed by atoms with Crippen molar-refractivity contribution in [1.82, 2.24) is 4.90 Å². The zero-order chi connectivity index (χ0) is 18.5. The van der Waals surface area contributed by atoms with Crippen molar-refractivity contribution in [3.8, 4) is 5.75 Å². The molecule has 0 aliphatic carbocycles. The number of amides is 1. The number of nitrogens with zero attached hydrogens (tertiary/aromatic N) is 2. The Bertz CT molecular complexity index is 768. The fourth-order valence-corrected chi connectivity index (χ4v) is 3.37. The summed E-state index contributed by atoms with van der Waals surface area (Å²) in [6.45, 7) is 4.82. The van der Waals surface area contributed by atoms with Crippen molar-refractivity contribution in [1.29, 1.82) is 0 Å². The highest BCUT2D eigenvalue weighted by Gasteiger charge is 2.25. The second-order valence-corrected chi connectivity index (χ2v) is 6.88. The molecule has 6 heteroatoms. The Labute approximate surface area is 159 Å². The van der Waals surface area contributed by atoms with E-state index in [1.165, 1.54) is 0 Å². The molecular weight excluding hydrogens is 350 g/mol. The first-order chi connectivity index (χ1) is 12.6. The van der Waals surface area contributed by atoms with Crippen LogP contribution in [-0.4, -0.2) is 50.1 Å². The van der Waals surface area contributed by atoms with Crippen LogP contribution in [0.5, 0.6) is 5.75 Å². The van der Waals surface area contributed by atoms with E-state index in [4.69, 9.17) is 16.3 Å². The monoisotopic (exact) mass is 373 g/mol. The molecule has 1 N–H and O–H groups in total. The van der Waals surface area contributed by atoms with E-state index in [1.807, 2.05) is 42.3 Å². The maximum Gasteiger partial charge on any atom is 0.238 e. The van der Waals surface area contributed by atoms with Crippen molar-refractivity contribution in [3.63, 3.8) is 0 Å². The van der Waals surface area contributed by atoms with Crippen molar-refractivity contribution in [2.75, 3.05) is 43.4 Å². The predicted molar refractivity (Wildman–Crippen MR) is 106 cm³/mol. The van der Waals surface area contributed by atoms with Gasteiger partial charge in [-0.1, -0.05) is 35.9 Å². The number of rotatable bonds is 6. The lowest BCUT2D eigenvalue weighted by Gasteiger charge is -2.37. The minimum Gasteiger partial charge on any atom is -0.485 e. The standard InChI is InChI=1S/C20H24ClN3O2/c1-3-24-13-15(26-19-11-7-6-10-18(19)24)12-23(2)14-20(25)22-17-9-5-4-8-16(17)21/h4-11,15H,3,12-14H2,1-2H3,(H,22,25). The summed E-state index contributed by atoms with van der Waals surface area (Å²) in [5, 5.41) is 3.39. The van der Waals surface area contributed by atoms with Crippen molar-refractivity contribution in [3.05, 3.63) is 53.6 Å². The summed E-state index contributed by atoms with van der Waals surface area (Å²) in [7, 11) is 1.92. The summed E-state index contributed by atoms with van der Waals surface area (Å²) in [6.07, 6.45) is 0.0166. The Morgan fingerprint density at radius 1 is 1.27 bits per heavy atom. The van der Waals surface area contributed by atoms with Gasteiger partial charge < -0.3 is 15.0 Å². The summed E-state index contributed by atoms with van der Waals surface area (Å²) in [5.74, 6) is 0.809. The van der Waals surface area contributed by atoms with Gasteiger partial charge in [-0.2, -0.15) is 0 Å². The molecule has 1 atom stereocenters. The molecule has 0 spiro atoms. The largest absolute Gasteiger partial charge is 0.485 e. The molecule has 2 aromatic rings. The Hall–Kier alpha value is -2.24. The lowest BCUT2D eigenvalue weighted by Crippen LogP contribution is -2.46. The molecule has 2 aromatic carbocycles. The minimum absolute atomic E-state index is 0.0166. The third-order valence-electron chi connectivity index (χ3n) is 4.38. The summed E-state index contributed by atoms with van der Waals surface area (Å²) >= 11 is 6.09. The number of hydrogen-bond donors (Lipinski definition) is 1. The fourth-order valence-electron chi connectivity index (χ4n) is 3.18. The molecule has 1 aliphatic rings. The molecule has 0 saturated carbocycles. The van der Waals surface area contributed by atoms with Gasteiger partial charge in [-0.15, -0.1) is 0 Å². The maximum atomic E-state index is 12.3. The summed E-state index contributed by atoms with van der Waals surface area (Å²) < 4.78 is 6.12. The molecule has 1 unspecified atom stereocenters. The molecular formula is C20H24ClN3O2. The zero-order valence-corrected chi connectivity index (χ0v) is 15.9. The molecule has 3 rings (SSSR count). The summed E-state index contributed by atoms with van der Waals surface area (Å²) in [6, 6.07) is 15.3. The summed E-state index contributed by atoms with van der Waals surface area (Å²) in [5.41, 5.74) is 1.76. The molecule has 0 fully saturated rings. The predicted octanol–water partition coefficient (Wildman–Crippen LogP) is 3.50. The summed E-state index contributed by atoms with van der Waals surface area (Å²) in [4.78, 5) is 16.6. The Kier molecular flexibility index (Phi) is 6.01. The van der Waals surface area contributed by atoms with Gasteiger partial charge in [0.15, 0.2) is 0 Å². The molecule has 1 amide bonds. The quantitative estimate of drug-likeness (QED) is 0.841. The van der Waals surface area contributed by atoms with E-state index in [0.717, 1.165) is 24.5 Å². The van der Waals surface area contributed by atoms with Crippen molar-refractivity contribution in [2.45, 2.75) is 13.0 Å². The number of carbonyl (C=O) groups excluding carboxylic acids is 1. The highest BCUT2D eigenvalue weighted by Crippen LogP contribution is 2.32. The molecule has 138 valence electrons. The van der Waals surface area contributed by atoms with Gasteiger partial charge in [-0.25, -0.2) is 0 Å². The lowest BCUT2D eigenvalue weighted by atomic mass is 10.2. The van der Waals surface area contributed by atoms with Crippen LogP contribution in [-0.2, 0) is 4.79 Å². The van der Waals surface area contributed by atoms with E-state index in [1.54, 1.807) is 12.1 Å². The number of para-hydroxylation sites is 3. The highest BCUT2D eigenvalue weighted by atomic mass is 35.5. The van der Waals surface area contributed by atoms with E-state index in [0.29, 0.717) is 17.3 Å². The molecule has 0 saturated heterocycles. The molecule has 0 bridgehead atoms. The Morgan fingerprint density at radius 3 is 2.77 bits per heavy atom. The van der Waals surface area contributed by atoms with Crippen LogP contribution in [0.4, 0.5) is 11.4 Å². The topological polar surface area (TPSA) is 44.8 Å². The normalized spacial score (nSPS) is 16.2. The Morgan fingerprint density at radius 2 is 2.00 bits per heavy atom. The number of nitrogens with one attached hydrogen (secondary N) is 1. The molecule has 1 heterocycles. The van der Waals surface area contributed by atoms with Crippen LogP contribution < -0.4 is 15.0 Å². The van der Waals surface area contributed by atoms with Crippen LogP contribution in [0.3, 0.4) is 0 Å². The first-order valence-corrected chi connectivity index (χ1v) is 9.18. The average Bonchev–Trinajstić information content (AvgIpc) is 2.62. The number of anilines is 2. The second-order valence-electron chi connectivity index (χ2n) is 6.47. The number of carbonyl (C=O) groups is 1. The van der Waals surface area contributed by atoms with Crippen LogP contribution in [0.15, 0.2) is 48.5 Å². The van der Waals surface area contributed by atoms with Crippen molar-refractivity contribution >= 4 is 28.9 Å². The van der Waals surface area contributed by atoms with Gasteiger partial charge in [0.25, 0.3) is 0 Å². The van der Waals surface area contributed by atoms with Gasteiger partial charge >= 0.3 is 0 Å². The van der Waals surface area contributed by atoms with Crippen LogP contribution in [0.25, 0.3) is 0 Å². The zero-order valence-electron chi connectivity index (χ0n) is 15.1. The van der Waals surface area contributed by atoms with Gasteiger partial charge in [0.1, 0.15) is 11.9 Å². The van der Waals surface area contributed by atoms with Gasteiger partial charge in [0.05, 0.1) is 29.5 Å². The number of ether oxygens (including phenoxy) is 1. The average molecular weight is 374 g/mol. The minimum atomic E-state index is -0.0934. The van der Waals surface area contributed by atoms with Gasteiger partial charge in [0.2, 0.25) is 5.91 Å². The maximum absolute atomic E-state index is 12.3. The van der Waals surface area contributed by atoms with Gasteiger partial charge in [0, 0.05) is 13.1 Å². The number of fused-ring (bicyclic) bond motifs is 1. The Balaban J connectivity index is 1.56. The second kappa shape index (κ2) is 8.43. The first-order valence-electron chi connectivity index (χ1n) is 8.80. The molecule has 0 aromatic heterocycles. The van der Waals surface area contributed by atoms with Crippen molar-refractivity contribution < 1.29 is 9.53 Å². The van der Waals surface area contributed by atoms with E-state index in [9.17, 15) is 4.79 Å². The number of halogens is 1. The van der Waals surface area contributed by atoms with Crippen LogP contribution in [0, 0.1) is 0 Å². The van der Waals surface area contributed by atoms with E-state index < -0.39 is 0 Å². The van der Waals surface area contributed by atoms with Gasteiger partial charge in [-0.05, 0) is 38.2 Å².